The Hall–Kier alpha value is -1.01. The quantitative estimate of drug-likeness (QED) is 0.867. The second-order valence-electron chi connectivity index (χ2n) is 7.01. The summed E-state index contributed by atoms with van der Waals surface area (Å²) >= 11 is 12.1. The summed E-state index contributed by atoms with van der Waals surface area (Å²) in [5, 5.41) is 4.51. The fourth-order valence-corrected chi connectivity index (χ4v) is 3.79. The van der Waals surface area contributed by atoms with Gasteiger partial charge in [0, 0.05) is 57.5 Å². The van der Waals surface area contributed by atoms with Crippen LogP contribution in [0, 0.1) is 0 Å². The highest BCUT2D eigenvalue weighted by Gasteiger charge is 2.31. The lowest BCUT2D eigenvalue weighted by molar-refractivity contribution is -0.135. The summed E-state index contributed by atoms with van der Waals surface area (Å²) < 4.78 is 0. The molecule has 0 aliphatic carbocycles. The van der Waals surface area contributed by atoms with Gasteiger partial charge in [0.25, 0.3) is 0 Å². The van der Waals surface area contributed by atoms with Crippen LogP contribution in [0.3, 0.4) is 0 Å². The van der Waals surface area contributed by atoms with Gasteiger partial charge >= 0.3 is 0 Å². The van der Waals surface area contributed by atoms with E-state index < -0.39 is 0 Å². The number of nitrogens with zero attached hydrogens (tertiary/aromatic N) is 3. The normalized spacial score (nSPS) is 22.5. The van der Waals surface area contributed by atoms with Gasteiger partial charge in [-0.3, -0.25) is 9.69 Å². The monoisotopic (exact) mass is 384 g/mol. The van der Waals surface area contributed by atoms with Crippen molar-refractivity contribution in [1.82, 2.24) is 15.1 Å². The van der Waals surface area contributed by atoms with Crippen LogP contribution in [0.2, 0.25) is 10.0 Å². The molecule has 138 valence electrons. The van der Waals surface area contributed by atoms with Crippen molar-refractivity contribution >= 4 is 34.8 Å². The molecule has 1 amide bonds. The maximum Gasteiger partial charge on any atom is 0.241 e. The predicted octanol–water partition coefficient (Wildman–Crippen LogP) is 2.32. The number of carbonyl (C=O) groups excluding carboxylic acids is 1. The Kier molecular flexibility index (Phi) is 6.10. The molecule has 0 spiro atoms. The van der Waals surface area contributed by atoms with Crippen molar-refractivity contribution in [2.75, 3.05) is 50.7 Å². The Morgan fingerprint density at radius 1 is 1.12 bits per heavy atom. The van der Waals surface area contributed by atoms with Gasteiger partial charge in [0.2, 0.25) is 5.91 Å². The van der Waals surface area contributed by atoms with Crippen LogP contribution in [0.15, 0.2) is 18.2 Å². The number of piperazine rings is 2. The number of amides is 1. The summed E-state index contributed by atoms with van der Waals surface area (Å²) in [6.45, 7) is 10.1. The first kappa shape index (κ1) is 18.8. The zero-order valence-electron chi connectivity index (χ0n) is 14.8. The molecule has 1 aromatic rings. The molecule has 2 fully saturated rings. The molecule has 0 unspecified atom stereocenters. The van der Waals surface area contributed by atoms with Crippen LogP contribution in [0.25, 0.3) is 0 Å². The van der Waals surface area contributed by atoms with Crippen molar-refractivity contribution in [2.24, 2.45) is 0 Å². The smallest absolute Gasteiger partial charge is 0.241 e. The summed E-state index contributed by atoms with van der Waals surface area (Å²) in [4.78, 5) is 19.4. The van der Waals surface area contributed by atoms with E-state index in [1.807, 2.05) is 23.1 Å². The van der Waals surface area contributed by atoms with Crippen LogP contribution in [0.4, 0.5) is 5.69 Å². The molecular formula is C18H26Cl2N4O. The van der Waals surface area contributed by atoms with Crippen molar-refractivity contribution in [3.8, 4) is 0 Å². The van der Waals surface area contributed by atoms with E-state index >= 15 is 0 Å². The highest BCUT2D eigenvalue weighted by molar-refractivity contribution is 6.42. The number of benzene rings is 1. The molecule has 1 aromatic carbocycles. The number of nitrogens with one attached hydrogen (secondary N) is 1. The van der Waals surface area contributed by atoms with Crippen LogP contribution in [-0.4, -0.2) is 73.6 Å². The summed E-state index contributed by atoms with van der Waals surface area (Å²) in [5.74, 6) is 0.221. The Morgan fingerprint density at radius 3 is 2.48 bits per heavy atom. The lowest BCUT2D eigenvalue weighted by Gasteiger charge is -2.41. The van der Waals surface area contributed by atoms with Crippen LogP contribution < -0.4 is 10.2 Å². The Bertz CT molecular complexity index is 617. The second kappa shape index (κ2) is 8.12. The van der Waals surface area contributed by atoms with Gasteiger partial charge in [0.05, 0.1) is 16.1 Å². The first-order valence-corrected chi connectivity index (χ1v) is 9.67. The molecule has 7 heteroatoms. The molecule has 0 radical (unpaired) electrons. The number of halogens is 2. The zero-order chi connectivity index (χ0) is 18.0. The molecular weight excluding hydrogens is 359 g/mol. The zero-order valence-corrected chi connectivity index (χ0v) is 16.4. The Morgan fingerprint density at radius 2 is 1.84 bits per heavy atom. The largest absolute Gasteiger partial charge is 0.368 e. The van der Waals surface area contributed by atoms with E-state index in [1.165, 1.54) is 0 Å². The number of hydrogen-bond donors (Lipinski definition) is 1. The maximum atomic E-state index is 12.8. The number of anilines is 1. The number of carbonyl (C=O) groups is 1. The van der Waals surface area contributed by atoms with Gasteiger partial charge in [-0.1, -0.05) is 23.2 Å². The molecule has 25 heavy (non-hydrogen) atoms. The molecule has 2 aliphatic rings. The van der Waals surface area contributed by atoms with E-state index in [4.69, 9.17) is 23.2 Å². The first-order chi connectivity index (χ1) is 12.0. The first-order valence-electron chi connectivity index (χ1n) is 8.92. The minimum absolute atomic E-state index is 0.0901. The van der Waals surface area contributed by atoms with E-state index in [-0.39, 0.29) is 11.9 Å². The highest BCUT2D eigenvalue weighted by Crippen LogP contribution is 2.27. The van der Waals surface area contributed by atoms with E-state index in [0.29, 0.717) is 16.1 Å². The lowest BCUT2D eigenvalue weighted by Crippen LogP contribution is -2.61. The molecule has 3 rings (SSSR count). The molecule has 1 atom stereocenters. The van der Waals surface area contributed by atoms with Gasteiger partial charge in [-0.05, 0) is 32.0 Å². The Labute approximate surface area is 159 Å². The molecule has 1 N–H and O–H groups in total. The second-order valence-corrected chi connectivity index (χ2v) is 7.82. The van der Waals surface area contributed by atoms with Gasteiger partial charge in [-0.2, -0.15) is 0 Å². The third-order valence-electron chi connectivity index (χ3n) is 5.09. The Balaban J connectivity index is 1.56. The third-order valence-corrected chi connectivity index (χ3v) is 5.83. The van der Waals surface area contributed by atoms with Crippen LogP contribution in [0.1, 0.15) is 13.8 Å². The minimum atomic E-state index is -0.0901. The van der Waals surface area contributed by atoms with Crippen molar-refractivity contribution in [2.45, 2.75) is 25.9 Å². The average Bonchev–Trinajstić information content (AvgIpc) is 2.63. The molecule has 2 heterocycles. The third kappa shape index (κ3) is 4.40. The lowest BCUT2D eigenvalue weighted by atomic mass is 10.1. The average molecular weight is 385 g/mol. The van der Waals surface area contributed by atoms with Crippen molar-refractivity contribution in [3.63, 3.8) is 0 Å². The summed E-state index contributed by atoms with van der Waals surface area (Å²) in [5.41, 5.74) is 1.06. The molecule has 2 saturated heterocycles. The molecule has 0 saturated carbocycles. The van der Waals surface area contributed by atoms with E-state index in [1.54, 1.807) is 0 Å². The van der Waals surface area contributed by atoms with Gasteiger partial charge in [-0.25, -0.2) is 0 Å². The van der Waals surface area contributed by atoms with Gasteiger partial charge in [-0.15, -0.1) is 0 Å². The molecule has 2 aliphatic heterocycles. The number of hydrogen-bond acceptors (Lipinski definition) is 4. The molecule has 5 nitrogen and oxygen atoms in total. The standard InChI is InChI=1S/C18H26Cl2N4O/c1-13(2)24-6-5-21-17(12-24)18(25)23-9-7-22(8-10-23)14-3-4-15(19)16(20)11-14/h3-4,11,13,17,21H,5-10,12H2,1-2H3/t17-/m0/s1. The van der Waals surface area contributed by atoms with Crippen molar-refractivity contribution in [1.29, 1.82) is 0 Å². The maximum absolute atomic E-state index is 12.8. The van der Waals surface area contributed by atoms with Gasteiger partial charge in [0.1, 0.15) is 0 Å². The van der Waals surface area contributed by atoms with Gasteiger partial charge < -0.3 is 15.1 Å². The van der Waals surface area contributed by atoms with E-state index in [0.717, 1.165) is 51.5 Å². The SMILES string of the molecule is CC(C)N1CCN[C@H](C(=O)N2CCN(c3ccc(Cl)c(Cl)c3)CC2)C1. The van der Waals surface area contributed by atoms with Crippen LogP contribution >= 0.6 is 23.2 Å². The predicted molar refractivity (Wildman–Crippen MR) is 104 cm³/mol. The minimum Gasteiger partial charge on any atom is -0.368 e. The molecule has 0 bridgehead atoms. The highest BCUT2D eigenvalue weighted by atomic mass is 35.5. The van der Waals surface area contributed by atoms with Crippen LogP contribution in [0.5, 0.6) is 0 Å². The summed E-state index contributed by atoms with van der Waals surface area (Å²) in [6.07, 6.45) is 0. The van der Waals surface area contributed by atoms with E-state index in [9.17, 15) is 4.79 Å². The fourth-order valence-electron chi connectivity index (χ4n) is 3.49. The van der Waals surface area contributed by atoms with Gasteiger partial charge in [0.15, 0.2) is 0 Å². The van der Waals surface area contributed by atoms with E-state index in [2.05, 4.69) is 29.0 Å². The fraction of sp³-hybridized carbons (Fsp3) is 0.611. The number of rotatable bonds is 3. The van der Waals surface area contributed by atoms with Crippen LogP contribution in [-0.2, 0) is 4.79 Å². The van der Waals surface area contributed by atoms with Crippen molar-refractivity contribution < 1.29 is 4.79 Å². The summed E-state index contributed by atoms with van der Waals surface area (Å²) in [7, 11) is 0. The topological polar surface area (TPSA) is 38.8 Å². The summed E-state index contributed by atoms with van der Waals surface area (Å²) in [6, 6.07) is 6.08. The van der Waals surface area contributed by atoms with Crippen molar-refractivity contribution in [3.05, 3.63) is 28.2 Å². The molecule has 0 aromatic heterocycles.